The number of hydrogen-bond acceptors (Lipinski definition) is 3. The van der Waals surface area contributed by atoms with Crippen LogP contribution in [0, 0.1) is 20.8 Å². The van der Waals surface area contributed by atoms with E-state index in [9.17, 15) is 0 Å². The first-order valence-electron chi connectivity index (χ1n) is 6.03. The number of fused-ring (bicyclic) bond motifs is 1. The number of nitrogens with zero attached hydrogens (tertiary/aromatic N) is 4. The monoisotopic (exact) mass is 272 g/mol. The molecule has 2 heterocycles. The number of aromatic nitrogens is 4. The minimum Gasteiger partial charge on any atom is -0.275 e. The fraction of sp³-hybridized carbons (Fsp3) is 0.214. The third kappa shape index (κ3) is 1.79. The molecule has 0 radical (unpaired) electrons. The highest BCUT2D eigenvalue weighted by molar-refractivity contribution is 6.32. The van der Waals surface area contributed by atoms with Crippen LogP contribution in [0.2, 0.25) is 5.15 Å². The summed E-state index contributed by atoms with van der Waals surface area (Å²) in [5.41, 5.74) is 4.69. The van der Waals surface area contributed by atoms with Crippen molar-refractivity contribution in [2.24, 2.45) is 0 Å². The van der Waals surface area contributed by atoms with Crippen molar-refractivity contribution in [3.05, 3.63) is 46.4 Å². The minimum absolute atomic E-state index is 0.385. The van der Waals surface area contributed by atoms with Crippen LogP contribution in [-0.4, -0.2) is 19.6 Å². The zero-order valence-corrected chi connectivity index (χ0v) is 11.7. The first kappa shape index (κ1) is 12.1. The van der Waals surface area contributed by atoms with Crippen LogP contribution in [0.1, 0.15) is 17.0 Å². The van der Waals surface area contributed by atoms with Crippen LogP contribution >= 0.6 is 11.6 Å². The van der Waals surface area contributed by atoms with Crippen molar-refractivity contribution in [1.82, 2.24) is 19.6 Å². The SMILES string of the molecule is Cc1ccccc1-c1nnc2c(Cl)nc(C)c(C)n12. The summed E-state index contributed by atoms with van der Waals surface area (Å²) in [6.45, 7) is 5.99. The zero-order chi connectivity index (χ0) is 13.6. The summed E-state index contributed by atoms with van der Waals surface area (Å²) in [7, 11) is 0. The summed E-state index contributed by atoms with van der Waals surface area (Å²) >= 11 is 6.14. The van der Waals surface area contributed by atoms with Crippen molar-refractivity contribution in [3.63, 3.8) is 0 Å². The highest BCUT2D eigenvalue weighted by Gasteiger charge is 2.16. The Bertz CT molecular complexity index is 776. The summed E-state index contributed by atoms with van der Waals surface area (Å²) in [6.07, 6.45) is 0. The normalized spacial score (nSPS) is 11.2. The molecule has 0 spiro atoms. The van der Waals surface area contributed by atoms with Gasteiger partial charge in [-0.3, -0.25) is 4.40 Å². The quantitative estimate of drug-likeness (QED) is 0.682. The maximum atomic E-state index is 6.14. The van der Waals surface area contributed by atoms with E-state index < -0.39 is 0 Å². The lowest BCUT2D eigenvalue weighted by Gasteiger charge is -2.08. The van der Waals surface area contributed by atoms with Gasteiger partial charge in [0.1, 0.15) is 0 Å². The van der Waals surface area contributed by atoms with Crippen LogP contribution in [0.5, 0.6) is 0 Å². The summed E-state index contributed by atoms with van der Waals surface area (Å²) in [5, 5.41) is 8.82. The molecule has 96 valence electrons. The molecule has 0 N–H and O–H groups in total. The Balaban J connectivity index is 2.41. The van der Waals surface area contributed by atoms with Gasteiger partial charge in [0.25, 0.3) is 0 Å². The highest BCUT2D eigenvalue weighted by Crippen LogP contribution is 2.26. The second-order valence-corrected chi connectivity index (χ2v) is 4.93. The largest absolute Gasteiger partial charge is 0.275 e. The molecule has 0 aliphatic rings. The van der Waals surface area contributed by atoms with Gasteiger partial charge in [0, 0.05) is 11.3 Å². The van der Waals surface area contributed by atoms with Gasteiger partial charge in [-0.15, -0.1) is 10.2 Å². The number of rotatable bonds is 1. The molecule has 3 aromatic rings. The first-order chi connectivity index (χ1) is 9.09. The van der Waals surface area contributed by atoms with Crippen molar-refractivity contribution in [2.45, 2.75) is 20.8 Å². The molecule has 0 atom stereocenters. The van der Waals surface area contributed by atoms with Crippen LogP contribution in [-0.2, 0) is 0 Å². The lowest BCUT2D eigenvalue weighted by atomic mass is 10.1. The Kier molecular flexibility index (Phi) is 2.75. The summed E-state index contributed by atoms with van der Waals surface area (Å²) in [4.78, 5) is 4.27. The Hall–Kier alpha value is -1.94. The highest BCUT2D eigenvalue weighted by atomic mass is 35.5. The third-order valence-corrected chi connectivity index (χ3v) is 3.61. The topological polar surface area (TPSA) is 43.1 Å². The molecule has 3 rings (SSSR count). The Morgan fingerprint density at radius 3 is 2.53 bits per heavy atom. The molecule has 19 heavy (non-hydrogen) atoms. The summed E-state index contributed by atoms with van der Waals surface area (Å²) < 4.78 is 1.97. The van der Waals surface area contributed by atoms with Gasteiger partial charge in [-0.25, -0.2) is 4.98 Å². The zero-order valence-electron chi connectivity index (χ0n) is 11.0. The van der Waals surface area contributed by atoms with E-state index >= 15 is 0 Å². The lowest BCUT2D eigenvalue weighted by molar-refractivity contribution is 0.999. The molecule has 0 unspecified atom stereocenters. The molecule has 0 bridgehead atoms. The van der Waals surface area contributed by atoms with Crippen LogP contribution in [0.25, 0.3) is 17.0 Å². The lowest BCUT2D eigenvalue weighted by Crippen LogP contribution is -2.01. The first-order valence-corrected chi connectivity index (χ1v) is 6.41. The van der Waals surface area contributed by atoms with Gasteiger partial charge in [0.05, 0.1) is 5.69 Å². The van der Waals surface area contributed by atoms with Gasteiger partial charge >= 0.3 is 0 Å². The molecule has 5 heteroatoms. The second-order valence-electron chi connectivity index (χ2n) is 4.57. The van der Waals surface area contributed by atoms with E-state index in [1.807, 2.05) is 36.4 Å². The molecular weight excluding hydrogens is 260 g/mol. The van der Waals surface area contributed by atoms with Crippen LogP contribution in [0.4, 0.5) is 0 Å². The van der Waals surface area contributed by atoms with Gasteiger partial charge in [-0.05, 0) is 26.3 Å². The number of halogens is 1. The molecule has 1 aromatic carbocycles. The smallest absolute Gasteiger partial charge is 0.199 e. The fourth-order valence-corrected chi connectivity index (χ4v) is 2.42. The van der Waals surface area contributed by atoms with Crippen LogP contribution in [0.15, 0.2) is 24.3 Å². The predicted octanol–water partition coefficient (Wildman–Crippen LogP) is 3.37. The third-order valence-electron chi connectivity index (χ3n) is 3.36. The average Bonchev–Trinajstić information content (AvgIpc) is 2.82. The second kappa shape index (κ2) is 4.31. The maximum Gasteiger partial charge on any atom is 0.199 e. The van der Waals surface area contributed by atoms with Gasteiger partial charge in [0.15, 0.2) is 16.6 Å². The summed E-state index contributed by atoms with van der Waals surface area (Å²) in [6, 6.07) is 8.10. The number of aryl methyl sites for hydroxylation is 3. The van der Waals surface area contributed by atoms with E-state index in [0.29, 0.717) is 10.8 Å². The van der Waals surface area contributed by atoms with Gasteiger partial charge in [-0.1, -0.05) is 35.9 Å². The molecule has 0 fully saturated rings. The molecule has 0 saturated heterocycles. The Morgan fingerprint density at radius 1 is 1.05 bits per heavy atom. The van der Waals surface area contributed by atoms with E-state index in [1.165, 1.54) is 0 Å². The molecule has 4 nitrogen and oxygen atoms in total. The number of benzene rings is 1. The molecule has 2 aromatic heterocycles. The molecular formula is C14H13ClN4. The van der Waals surface area contributed by atoms with Crippen molar-refractivity contribution < 1.29 is 0 Å². The standard InChI is InChI=1S/C14H13ClN4/c1-8-6-4-5-7-11(8)13-17-18-14-12(15)16-9(2)10(3)19(13)14/h4-7H,1-3H3. The predicted molar refractivity (Wildman–Crippen MR) is 75.4 cm³/mol. The van der Waals surface area contributed by atoms with Gasteiger partial charge < -0.3 is 0 Å². The van der Waals surface area contributed by atoms with Crippen LogP contribution < -0.4 is 0 Å². The van der Waals surface area contributed by atoms with E-state index in [4.69, 9.17) is 11.6 Å². The van der Waals surface area contributed by atoms with E-state index in [1.54, 1.807) is 0 Å². The fourth-order valence-electron chi connectivity index (χ4n) is 2.17. The maximum absolute atomic E-state index is 6.14. The van der Waals surface area contributed by atoms with Crippen molar-refractivity contribution in [2.75, 3.05) is 0 Å². The average molecular weight is 273 g/mol. The van der Waals surface area contributed by atoms with Crippen LogP contribution in [0.3, 0.4) is 0 Å². The number of hydrogen-bond donors (Lipinski definition) is 0. The minimum atomic E-state index is 0.385. The van der Waals surface area contributed by atoms with Gasteiger partial charge in [-0.2, -0.15) is 0 Å². The van der Waals surface area contributed by atoms with Crippen molar-refractivity contribution >= 4 is 17.2 Å². The molecule has 0 saturated carbocycles. The van der Waals surface area contributed by atoms with Crippen molar-refractivity contribution in [1.29, 1.82) is 0 Å². The molecule has 0 amide bonds. The van der Waals surface area contributed by atoms with Gasteiger partial charge in [0.2, 0.25) is 0 Å². The van der Waals surface area contributed by atoms with E-state index in [2.05, 4.69) is 28.2 Å². The van der Waals surface area contributed by atoms with E-state index in [0.717, 1.165) is 28.3 Å². The molecule has 0 aliphatic carbocycles. The summed E-state index contributed by atoms with van der Waals surface area (Å²) in [5.74, 6) is 0.804. The molecule has 0 aliphatic heterocycles. The van der Waals surface area contributed by atoms with E-state index in [-0.39, 0.29) is 0 Å². The van der Waals surface area contributed by atoms with Crippen molar-refractivity contribution in [3.8, 4) is 11.4 Å². The Morgan fingerprint density at radius 2 is 1.79 bits per heavy atom. The Labute approximate surface area is 116 Å².